The molecule has 0 saturated heterocycles. The summed E-state index contributed by atoms with van der Waals surface area (Å²) in [5, 5.41) is 7.34. The lowest BCUT2D eigenvalue weighted by Gasteiger charge is -2.24. The van der Waals surface area contributed by atoms with Crippen LogP contribution < -0.4 is 20.9 Å². The molecule has 2 atom stereocenters. The highest BCUT2D eigenvalue weighted by Gasteiger charge is 2.30. The molecule has 0 spiro atoms. The topological polar surface area (TPSA) is 91.7 Å². The van der Waals surface area contributed by atoms with E-state index in [1.165, 1.54) is 7.05 Å². The summed E-state index contributed by atoms with van der Waals surface area (Å²) >= 11 is 0. The first kappa shape index (κ1) is 20.1. The van der Waals surface area contributed by atoms with Crippen LogP contribution in [0, 0.1) is 0 Å². The molecule has 2 rings (SSSR count). The van der Waals surface area contributed by atoms with Crippen molar-refractivity contribution in [3.05, 3.63) is 71.3 Å². The Morgan fingerprint density at radius 3 is 2.11 bits per heavy atom. The monoisotopic (exact) mass is 369 g/mol. The number of benzene rings is 2. The molecule has 0 aliphatic carbocycles. The van der Waals surface area contributed by atoms with Crippen LogP contribution in [0.1, 0.15) is 27.5 Å². The van der Waals surface area contributed by atoms with Gasteiger partial charge in [-0.25, -0.2) is 4.79 Å². The molecule has 0 radical (unpaired) electrons. The number of imide groups is 1. The maximum absolute atomic E-state index is 12.7. The molecule has 0 saturated carbocycles. The average molecular weight is 369 g/mol. The van der Waals surface area contributed by atoms with Gasteiger partial charge in [0.15, 0.2) is 6.04 Å². The molecule has 7 heteroatoms. The van der Waals surface area contributed by atoms with Crippen molar-refractivity contribution in [1.29, 1.82) is 0 Å². The van der Waals surface area contributed by atoms with Gasteiger partial charge in [0.1, 0.15) is 6.54 Å². The van der Waals surface area contributed by atoms with E-state index in [0.29, 0.717) is 12.1 Å². The zero-order valence-corrected chi connectivity index (χ0v) is 15.7. The van der Waals surface area contributed by atoms with Crippen molar-refractivity contribution in [2.45, 2.75) is 12.6 Å². The summed E-state index contributed by atoms with van der Waals surface area (Å²) in [7, 11) is 4.95. The number of hydrogen-bond acceptors (Lipinski definition) is 3. The van der Waals surface area contributed by atoms with Crippen LogP contribution in [0.5, 0.6) is 0 Å². The van der Waals surface area contributed by atoms with Crippen molar-refractivity contribution in [1.82, 2.24) is 16.0 Å². The fourth-order valence-electron chi connectivity index (χ4n) is 2.89. The molecule has 2 aromatic carbocycles. The number of urea groups is 1. The summed E-state index contributed by atoms with van der Waals surface area (Å²) in [5.41, 5.74) is 2.38. The van der Waals surface area contributed by atoms with Crippen LogP contribution in [0.2, 0.25) is 0 Å². The Balaban J connectivity index is 2.20. The first-order valence-corrected chi connectivity index (χ1v) is 8.67. The molecule has 2 aromatic rings. The number of quaternary nitrogens is 1. The van der Waals surface area contributed by atoms with Crippen LogP contribution in [0.15, 0.2) is 54.6 Å². The Kier molecular flexibility index (Phi) is 7.08. The van der Waals surface area contributed by atoms with Gasteiger partial charge in [-0.2, -0.15) is 0 Å². The van der Waals surface area contributed by atoms with Crippen LogP contribution in [-0.2, 0) is 11.3 Å². The van der Waals surface area contributed by atoms with Crippen LogP contribution in [0.3, 0.4) is 0 Å². The van der Waals surface area contributed by atoms with Gasteiger partial charge in [0.25, 0.3) is 11.8 Å². The first-order chi connectivity index (χ1) is 13.0. The highest BCUT2D eigenvalue weighted by atomic mass is 16.2. The van der Waals surface area contributed by atoms with E-state index in [9.17, 15) is 14.4 Å². The quantitative estimate of drug-likeness (QED) is 0.589. The number of likely N-dealkylation sites (N-methyl/N-ethyl adjacent to an activating group) is 1. The fraction of sp³-hybridized carbons (Fsp3) is 0.250. The lowest BCUT2D eigenvalue weighted by atomic mass is 10.0. The Hall–Kier alpha value is -3.19. The van der Waals surface area contributed by atoms with Crippen molar-refractivity contribution in [3.8, 4) is 0 Å². The highest BCUT2D eigenvalue weighted by Crippen LogP contribution is 2.11. The van der Waals surface area contributed by atoms with E-state index < -0.39 is 12.1 Å². The van der Waals surface area contributed by atoms with E-state index in [0.717, 1.165) is 16.0 Å². The van der Waals surface area contributed by atoms with Gasteiger partial charge < -0.3 is 15.5 Å². The molecule has 0 aliphatic rings. The number of hydrogen-bond donors (Lipinski definition) is 4. The van der Waals surface area contributed by atoms with Gasteiger partial charge in [-0.05, 0) is 12.1 Å². The van der Waals surface area contributed by atoms with E-state index in [1.54, 1.807) is 19.2 Å². The predicted molar refractivity (Wildman–Crippen MR) is 102 cm³/mol. The van der Waals surface area contributed by atoms with E-state index >= 15 is 0 Å². The normalized spacial score (nSPS) is 12.6. The predicted octanol–water partition coefficient (Wildman–Crippen LogP) is 0.258. The van der Waals surface area contributed by atoms with Gasteiger partial charge in [-0.1, -0.05) is 42.5 Å². The maximum Gasteiger partial charge on any atom is 0.321 e. The highest BCUT2D eigenvalue weighted by molar-refractivity contribution is 5.96. The third-order valence-electron chi connectivity index (χ3n) is 4.28. The Morgan fingerprint density at radius 1 is 0.926 bits per heavy atom. The Labute approximate surface area is 158 Å². The second kappa shape index (κ2) is 9.49. The maximum atomic E-state index is 12.7. The molecule has 0 aliphatic heterocycles. The molecule has 4 amide bonds. The van der Waals surface area contributed by atoms with Gasteiger partial charge >= 0.3 is 6.03 Å². The van der Waals surface area contributed by atoms with E-state index in [2.05, 4.69) is 16.0 Å². The lowest BCUT2D eigenvalue weighted by Crippen LogP contribution is -3.09. The van der Waals surface area contributed by atoms with Gasteiger partial charge in [-0.15, -0.1) is 0 Å². The molecule has 0 heterocycles. The summed E-state index contributed by atoms with van der Waals surface area (Å²) in [6, 6.07) is 15.5. The van der Waals surface area contributed by atoms with Crippen molar-refractivity contribution < 1.29 is 19.3 Å². The molecule has 7 nitrogen and oxygen atoms in total. The van der Waals surface area contributed by atoms with E-state index in [1.807, 2.05) is 49.5 Å². The van der Waals surface area contributed by atoms with Crippen LogP contribution in [0.25, 0.3) is 0 Å². The Morgan fingerprint density at radius 2 is 1.56 bits per heavy atom. The summed E-state index contributed by atoms with van der Waals surface area (Å²) in [5.74, 6) is -0.519. The van der Waals surface area contributed by atoms with Crippen LogP contribution in [-0.4, -0.2) is 39.0 Å². The molecule has 1 unspecified atom stereocenters. The fourth-order valence-corrected chi connectivity index (χ4v) is 2.89. The molecule has 4 N–H and O–H groups in total. The molecular weight excluding hydrogens is 344 g/mol. The van der Waals surface area contributed by atoms with Gasteiger partial charge in [-0.3, -0.25) is 14.9 Å². The zero-order valence-electron chi connectivity index (χ0n) is 15.7. The van der Waals surface area contributed by atoms with E-state index in [4.69, 9.17) is 0 Å². The minimum atomic E-state index is -0.554. The van der Waals surface area contributed by atoms with Gasteiger partial charge in [0.2, 0.25) is 0 Å². The number of rotatable bonds is 6. The molecule has 0 fully saturated rings. The number of carbonyl (C=O) groups is 3. The second-order valence-electron chi connectivity index (χ2n) is 6.21. The third kappa shape index (κ3) is 5.39. The summed E-state index contributed by atoms with van der Waals surface area (Å²) in [6.45, 7) is 0.550. The zero-order chi connectivity index (χ0) is 19.8. The van der Waals surface area contributed by atoms with Gasteiger partial charge in [0.05, 0.1) is 7.05 Å². The molecule has 142 valence electrons. The summed E-state index contributed by atoms with van der Waals surface area (Å²) < 4.78 is 0. The van der Waals surface area contributed by atoms with Crippen molar-refractivity contribution in [3.63, 3.8) is 0 Å². The standard InChI is InChI=1S/C20H24N4O3/c1-21-18(25)16-11-9-14(10-12-16)13-24(3)17(15-7-5-4-6-8-15)19(26)23-20(27)22-2/h4-12,17H,13H2,1-3H3,(H,21,25)(H2,22,23,26,27)/p+1/t17-/m1/s1. The van der Waals surface area contributed by atoms with Crippen LogP contribution in [0.4, 0.5) is 4.79 Å². The minimum Gasteiger partial charge on any atom is -0.355 e. The number of amides is 4. The second-order valence-corrected chi connectivity index (χ2v) is 6.21. The largest absolute Gasteiger partial charge is 0.355 e. The van der Waals surface area contributed by atoms with E-state index in [-0.39, 0.29) is 11.8 Å². The number of carbonyl (C=O) groups excluding carboxylic acids is 3. The summed E-state index contributed by atoms with van der Waals surface area (Å²) in [4.78, 5) is 36.8. The SMILES string of the molecule is CNC(=O)NC(=O)[C@@H](c1ccccc1)[NH+](C)Cc1ccc(C(=O)NC)cc1. The van der Waals surface area contributed by atoms with Crippen LogP contribution >= 0.6 is 0 Å². The van der Waals surface area contributed by atoms with Crippen molar-refractivity contribution in [2.75, 3.05) is 21.1 Å². The summed E-state index contributed by atoms with van der Waals surface area (Å²) in [6.07, 6.45) is 0. The average Bonchev–Trinajstić information content (AvgIpc) is 2.68. The molecule has 27 heavy (non-hydrogen) atoms. The van der Waals surface area contributed by atoms with Crippen molar-refractivity contribution in [2.24, 2.45) is 0 Å². The third-order valence-corrected chi connectivity index (χ3v) is 4.28. The smallest absolute Gasteiger partial charge is 0.321 e. The lowest BCUT2D eigenvalue weighted by molar-refractivity contribution is -0.916. The molecule has 0 aromatic heterocycles. The minimum absolute atomic E-state index is 0.144. The first-order valence-electron chi connectivity index (χ1n) is 8.67. The van der Waals surface area contributed by atoms with Gasteiger partial charge in [0, 0.05) is 30.8 Å². The molecular formula is C20H25N4O3+. The van der Waals surface area contributed by atoms with Crippen molar-refractivity contribution >= 4 is 17.8 Å². The Bertz CT molecular complexity index is 791. The molecule has 0 bridgehead atoms. The number of nitrogens with one attached hydrogen (secondary N) is 4.